The van der Waals surface area contributed by atoms with Crippen LogP contribution in [-0.4, -0.2) is 32.5 Å². The van der Waals surface area contributed by atoms with Crippen LogP contribution in [0.25, 0.3) is 5.95 Å². The van der Waals surface area contributed by atoms with Crippen LogP contribution >= 0.6 is 0 Å². The summed E-state index contributed by atoms with van der Waals surface area (Å²) in [6.07, 6.45) is 8.05. The van der Waals surface area contributed by atoms with Crippen LogP contribution in [0.2, 0.25) is 0 Å². The number of para-hydroxylation sites is 1. The van der Waals surface area contributed by atoms with Crippen molar-refractivity contribution in [3.63, 3.8) is 0 Å². The molecular formula is C15H13N5O2. The molecular weight excluding hydrogens is 282 g/mol. The van der Waals surface area contributed by atoms with E-state index in [1.807, 2.05) is 0 Å². The first-order valence-electron chi connectivity index (χ1n) is 6.52. The van der Waals surface area contributed by atoms with E-state index in [1.54, 1.807) is 47.6 Å². The maximum absolute atomic E-state index is 12.2. The molecule has 0 saturated carbocycles. The van der Waals surface area contributed by atoms with E-state index >= 15 is 0 Å². The van der Waals surface area contributed by atoms with E-state index in [9.17, 15) is 4.79 Å². The Morgan fingerprint density at radius 3 is 2.68 bits per heavy atom. The average molecular weight is 295 g/mol. The number of nitrogens with one attached hydrogen (secondary N) is 1. The van der Waals surface area contributed by atoms with Crippen molar-refractivity contribution in [1.82, 2.24) is 19.5 Å². The minimum absolute atomic E-state index is 0.281. The Bertz CT molecular complexity index is 769. The Morgan fingerprint density at radius 1 is 1.23 bits per heavy atom. The lowest BCUT2D eigenvalue weighted by Crippen LogP contribution is -2.13. The Hall–Kier alpha value is -3.22. The number of amides is 1. The van der Waals surface area contributed by atoms with Crippen LogP contribution < -0.4 is 10.1 Å². The molecule has 22 heavy (non-hydrogen) atoms. The van der Waals surface area contributed by atoms with E-state index in [0.717, 1.165) is 0 Å². The van der Waals surface area contributed by atoms with Crippen molar-refractivity contribution in [2.24, 2.45) is 0 Å². The van der Waals surface area contributed by atoms with Crippen LogP contribution in [-0.2, 0) is 0 Å². The van der Waals surface area contributed by atoms with Crippen molar-refractivity contribution in [2.45, 2.75) is 0 Å². The van der Waals surface area contributed by atoms with Gasteiger partial charge >= 0.3 is 0 Å². The standard InChI is InChI=1S/C15H13N5O2/c1-22-13-5-3-2-4-12(13)14(21)19-11-8-17-15(18-9-11)20-7-6-16-10-20/h2-10H,1H3,(H,19,21). The molecule has 1 aromatic carbocycles. The Kier molecular flexibility index (Phi) is 3.78. The first-order chi connectivity index (χ1) is 10.8. The van der Waals surface area contributed by atoms with E-state index < -0.39 is 0 Å². The molecule has 7 nitrogen and oxygen atoms in total. The number of imidazole rings is 1. The summed E-state index contributed by atoms with van der Waals surface area (Å²) >= 11 is 0. The third-order valence-corrected chi connectivity index (χ3v) is 2.98. The maximum atomic E-state index is 12.2. The molecule has 0 aliphatic heterocycles. The van der Waals surface area contributed by atoms with Crippen LogP contribution in [0.5, 0.6) is 5.75 Å². The molecule has 0 atom stereocenters. The number of benzene rings is 1. The number of nitrogens with zero attached hydrogens (tertiary/aromatic N) is 4. The van der Waals surface area contributed by atoms with Gasteiger partial charge in [0.15, 0.2) is 0 Å². The molecule has 1 amide bonds. The van der Waals surface area contributed by atoms with E-state index in [0.29, 0.717) is 22.9 Å². The summed E-state index contributed by atoms with van der Waals surface area (Å²) in [5, 5.41) is 2.74. The molecule has 2 heterocycles. The Morgan fingerprint density at radius 2 is 2.00 bits per heavy atom. The first-order valence-corrected chi connectivity index (χ1v) is 6.52. The predicted octanol–water partition coefficient (Wildman–Crippen LogP) is 1.92. The number of ether oxygens (including phenoxy) is 1. The highest BCUT2D eigenvalue weighted by atomic mass is 16.5. The van der Waals surface area contributed by atoms with Gasteiger partial charge in [0.05, 0.1) is 30.8 Å². The summed E-state index contributed by atoms with van der Waals surface area (Å²) in [5.41, 5.74) is 0.948. The van der Waals surface area contributed by atoms with Crippen LogP contribution in [0.1, 0.15) is 10.4 Å². The Labute approximate surface area is 126 Å². The largest absolute Gasteiger partial charge is 0.496 e. The number of aromatic nitrogens is 4. The molecule has 0 bridgehead atoms. The predicted molar refractivity (Wildman–Crippen MR) is 80.1 cm³/mol. The maximum Gasteiger partial charge on any atom is 0.259 e. The van der Waals surface area contributed by atoms with Crippen LogP contribution in [0, 0.1) is 0 Å². The van der Waals surface area contributed by atoms with Crippen molar-refractivity contribution < 1.29 is 9.53 Å². The van der Waals surface area contributed by atoms with Gasteiger partial charge in [-0.1, -0.05) is 12.1 Å². The van der Waals surface area contributed by atoms with Crippen molar-refractivity contribution in [1.29, 1.82) is 0 Å². The van der Waals surface area contributed by atoms with Crippen molar-refractivity contribution >= 4 is 11.6 Å². The topological polar surface area (TPSA) is 81.9 Å². The number of hydrogen-bond donors (Lipinski definition) is 1. The van der Waals surface area contributed by atoms with Gasteiger partial charge in [0.1, 0.15) is 12.1 Å². The molecule has 3 aromatic rings. The highest BCUT2D eigenvalue weighted by Gasteiger charge is 2.12. The normalized spacial score (nSPS) is 10.2. The summed E-state index contributed by atoms with van der Waals surface area (Å²) in [7, 11) is 1.52. The Balaban J connectivity index is 1.77. The number of rotatable bonds is 4. The zero-order valence-corrected chi connectivity index (χ0v) is 11.8. The van der Waals surface area contributed by atoms with Gasteiger partial charge in [-0.05, 0) is 12.1 Å². The monoisotopic (exact) mass is 295 g/mol. The fraction of sp³-hybridized carbons (Fsp3) is 0.0667. The van der Waals surface area contributed by atoms with Gasteiger partial charge in [-0.25, -0.2) is 15.0 Å². The van der Waals surface area contributed by atoms with E-state index in [1.165, 1.54) is 19.5 Å². The van der Waals surface area contributed by atoms with Gasteiger partial charge in [-0.2, -0.15) is 0 Å². The summed E-state index contributed by atoms with van der Waals surface area (Å²) < 4.78 is 6.84. The van der Waals surface area contributed by atoms with Crippen LogP contribution in [0.4, 0.5) is 5.69 Å². The van der Waals surface area contributed by atoms with E-state index in [-0.39, 0.29) is 5.91 Å². The SMILES string of the molecule is COc1ccccc1C(=O)Nc1cnc(-n2ccnc2)nc1. The van der Waals surface area contributed by atoms with Crippen molar-refractivity contribution in [2.75, 3.05) is 12.4 Å². The fourth-order valence-corrected chi connectivity index (χ4v) is 1.93. The minimum Gasteiger partial charge on any atom is -0.496 e. The summed E-state index contributed by atoms with van der Waals surface area (Å²) in [6.45, 7) is 0. The third-order valence-electron chi connectivity index (χ3n) is 2.98. The van der Waals surface area contributed by atoms with Gasteiger partial charge in [0.25, 0.3) is 5.91 Å². The zero-order valence-electron chi connectivity index (χ0n) is 11.8. The lowest BCUT2D eigenvalue weighted by atomic mass is 10.2. The molecule has 0 saturated heterocycles. The van der Waals surface area contributed by atoms with Gasteiger partial charge in [0, 0.05) is 12.4 Å². The number of carbonyl (C=O) groups excluding carboxylic acids is 1. The molecule has 0 aliphatic carbocycles. The van der Waals surface area contributed by atoms with Crippen molar-refractivity contribution in [3.8, 4) is 11.7 Å². The zero-order chi connectivity index (χ0) is 15.4. The molecule has 7 heteroatoms. The second kappa shape index (κ2) is 6.04. The number of carbonyl (C=O) groups is 1. The van der Waals surface area contributed by atoms with Crippen molar-refractivity contribution in [3.05, 3.63) is 60.9 Å². The quantitative estimate of drug-likeness (QED) is 0.795. The molecule has 0 unspecified atom stereocenters. The molecule has 1 N–H and O–H groups in total. The number of methoxy groups -OCH3 is 1. The fourth-order valence-electron chi connectivity index (χ4n) is 1.93. The molecule has 0 radical (unpaired) electrons. The second-order valence-electron chi connectivity index (χ2n) is 4.40. The van der Waals surface area contributed by atoms with Crippen LogP contribution in [0.15, 0.2) is 55.4 Å². The average Bonchev–Trinajstić information content (AvgIpc) is 3.10. The lowest BCUT2D eigenvalue weighted by molar-refractivity contribution is 0.102. The van der Waals surface area contributed by atoms with E-state index in [4.69, 9.17) is 4.74 Å². The van der Waals surface area contributed by atoms with Gasteiger partial charge in [-0.15, -0.1) is 0 Å². The molecule has 0 fully saturated rings. The molecule has 3 rings (SSSR count). The van der Waals surface area contributed by atoms with Gasteiger partial charge in [-0.3, -0.25) is 9.36 Å². The summed E-state index contributed by atoms with van der Waals surface area (Å²) in [4.78, 5) is 24.5. The summed E-state index contributed by atoms with van der Waals surface area (Å²) in [5.74, 6) is 0.708. The number of anilines is 1. The highest BCUT2D eigenvalue weighted by molar-refractivity contribution is 6.06. The highest BCUT2D eigenvalue weighted by Crippen LogP contribution is 2.18. The van der Waals surface area contributed by atoms with Gasteiger partial charge < -0.3 is 10.1 Å². The lowest BCUT2D eigenvalue weighted by Gasteiger charge is -2.09. The smallest absolute Gasteiger partial charge is 0.259 e. The molecule has 0 aliphatic rings. The van der Waals surface area contributed by atoms with Gasteiger partial charge in [0.2, 0.25) is 5.95 Å². The molecule has 2 aromatic heterocycles. The number of hydrogen-bond acceptors (Lipinski definition) is 5. The summed E-state index contributed by atoms with van der Waals surface area (Å²) in [6, 6.07) is 7.00. The van der Waals surface area contributed by atoms with Crippen LogP contribution in [0.3, 0.4) is 0 Å². The van der Waals surface area contributed by atoms with E-state index in [2.05, 4.69) is 20.3 Å². The minimum atomic E-state index is -0.281. The molecule has 0 spiro atoms. The third kappa shape index (κ3) is 2.78. The first kappa shape index (κ1) is 13.7. The molecule has 110 valence electrons. The second-order valence-corrected chi connectivity index (χ2v) is 4.40.